The topological polar surface area (TPSA) is 80.1 Å². The number of anilines is 1. The molecule has 0 spiro atoms. The highest BCUT2D eigenvalue weighted by molar-refractivity contribution is 9.10. The summed E-state index contributed by atoms with van der Waals surface area (Å²) in [7, 11) is 0. The van der Waals surface area contributed by atoms with Gasteiger partial charge in [0.25, 0.3) is 0 Å². The van der Waals surface area contributed by atoms with Gasteiger partial charge in [-0.1, -0.05) is 0 Å². The quantitative estimate of drug-likeness (QED) is 0.658. The lowest BCUT2D eigenvalue weighted by Gasteiger charge is -2.23. The van der Waals surface area contributed by atoms with Crippen LogP contribution in [0.15, 0.2) is 16.7 Å². The number of aromatic nitrogens is 1. The summed E-state index contributed by atoms with van der Waals surface area (Å²) < 4.78 is 0.611. The largest absolute Gasteiger partial charge is 0.362 e. The zero-order valence-corrected chi connectivity index (χ0v) is 10.7. The number of nitrogens with one attached hydrogen (secondary N) is 2. The third kappa shape index (κ3) is 3.13. The SMILES string of the molecule is O=[N+]([O-])c1cc(Br)cnc1NC1CCNCC1. The summed E-state index contributed by atoms with van der Waals surface area (Å²) in [6, 6.07) is 1.72. The fourth-order valence-corrected chi connectivity index (χ4v) is 2.16. The lowest BCUT2D eigenvalue weighted by molar-refractivity contribution is -0.384. The molecule has 6 nitrogen and oxygen atoms in total. The number of halogens is 1. The van der Waals surface area contributed by atoms with E-state index in [1.807, 2.05) is 0 Å². The first-order valence-electron chi connectivity index (χ1n) is 5.44. The summed E-state index contributed by atoms with van der Waals surface area (Å²) in [5.41, 5.74) is 0.0120. The molecule has 0 amide bonds. The number of nitro groups is 1. The summed E-state index contributed by atoms with van der Waals surface area (Å²) >= 11 is 3.19. The fourth-order valence-electron chi connectivity index (χ4n) is 1.84. The number of pyridine rings is 1. The molecule has 0 aromatic carbocycles. The fraction of sp³-hybridized carbons (Fsp3) is 0.500. The number of nitrogens with zero attached hydrogens (tertiary/aromatic N) is 2. The van der Waals surface area contributed by atoms with Gasteiger partial charge in [0.2, 0.25) is 5.82 Å². The minimum atomic E-state index is -0.416. The molecule has 0 atom stereocenters. The van der Waals surface area contributed by atoms with E-state index in [9.17, 15) is 10.1 Å². The van der Waals surface area contributed by atoms with E-state index in [1.54, 1.807) is 6.20 Å². The molecule has 7 heteroatoms. The number of hydrogen-bond donors (Lipinski definition) is 2. The van der Waals surface area contributed by atoms with E-state index in [-0.39, 0.29) is 11.7 Å². The molecule has 0 saturated carbocycles. The van der Waals surface area contributed by atoms with E-state index in [0.29, 0.717) is 10.3 Å². The molecular formula is C10H13BrN4O2. The number of hydrogen-bond acceptors (Lipinski definition) is 5. The van der Waals surface area contributed by atoms with Crippen LogP contribution in [0.4, 0.5) is 11.5 Å². The van der Waals surface area contributed by atoms with E-state index in [1.165, 1.54) is 6.07 Å². The molecule has 17 heavy (non-hydrogen) atoms. The zero-order valence-electron chi connectivity index (χ0n) is 9.15. The van der Waals surface area contributed by atoms with Crippen LogP contribution in [0, 0.1) is 10.1 Å². The predicted octanol–water partition coefficient (Wildman–Crippen LogP) is 1.92. The predicted molar refractivity (Wildman–Crippen MR) is 68.1 cm³/mol. The van der Waals surface area contributed by atoms with Gasteiger partial charge in [0, 0.05) is 22.8 Å². The van der Waals surface area contributed by atoms with Gasteiger partial charge in [-0.2, -0.15) is 0 Å². The van der Waals surface area contributed by atoms with Crippen LogP contribution < -0.4 is 10.6 Å². The van der Waals surface area contributed by atoms with Crippen molar-refractivity contribution in [2.75, 3.05) is 18.4 Å². The van der Waals surface area contributed by atoms with Crippen LogP contribution in [-0.4, -0.2) is 29.0 Å². The molecule has 1 aromatic heterocycles. The van der Waals surface area contributed by atoms with Crippen molar-refractivity contribution in [2.24, 2.45) is 0 Å². The first kappa shape index (κ1) is 12.3. The Morgan fingerprint density at radius 2 is 2.24 bits per heavy atom. The molecule has 1 aliphatic heterocycles. The third-order valence-corrected chi connectivity index (χ3v) is 3.14. The van der Waals surface area contributed by atoms with Crippen molar-refractivity contribution < 1.29 is 4.92 Å². The average Bonchev–Trinajstić information content (AvgIpc) is 2.32. The van der Waals surface area contributed by atoms with E-state index >= 15 is 0 Å². The molecular weight excluding hydrogens is 288 g/mol. The lowest BCUT2D eigenvalue weighted by atomic mass is 10.1. The second-order valence-electron chi connectivity index (χ2n) is 3.95. The Kier molecular flexibility index (Phi) is 3.90. The molecule has 0 aliphatic carbocycles. The van der Waals surface area contributed by atoms with Crippen LogP contribution in [0.3, 0.4) is 0 Å². The van der Waals surface area contributed by atoms with Crippen molar-refractivity contribution in [2.45, 2.75) is 18.9 Å². The van der Waals surface area contributed by atoms with Gasteiger partial charge in [-0.3, -0.25) is 10.1 Å². The van der Waals surface area contributed by atoms with Gasteiger partial charge in [0.1, 0.15) is 0 Å². The lowest BCUT2D eigenvalue weighted by Crippen LogP contribution is -2.35. The van der Waals surface area contributed by atoms with Gasteiger partial charge in [0.15, 0.2) is 0 Å². The van der Waals surface area contributed by atoms with Crippen molar-refractivity contribution in [3.63, 3.8) is 0 Å². The third-order valence-electron chi connectivity index (χ3n) is 2.71. The standard InChI is InChI=1S/C10H13BrN4O2/c11-7-5-9(15(16)17)10(13-6-7)14-8-1-3-12-4-2-8/h5-6,8,12H,1-4H2,(H,13,14). The van der Waals surface area contributed by atoms with E-state index < -0.39 is 4.92 Å². The summed E-state index contributed by atoms with van der Waals surface area (Å²) in [6.45, 7) is 1.87. The first-order valence-corrected chi connectivity index (χ1v) is 6.23. The second kappa shape index (κ2) is 5.42. The Morgan fingerprint density at radius 3 is 2.88 bits per heavy atom. The van der Waals surface area contributed by atoms with Crippen molar-refractivity contribution in [3.8, 4) is 0 Å². The van der Waals surface area contributed by atoms with Gasteiger partial charge in [-0.05, 0) is 41.9 Å². The van der Waals surface area contributed by atoms with Gasteiger partial charge in [0.05, 0.1) is 4.92 Å². The van der Waals surface area contributed by atoms with Gasteiger partial charge >= 0.3 is 5.69 Å². The number of piperidine rings is 1. The maximum absolute atomic E-state index is 10.9. The minimum absolute atomic E-state index is 0.0120. The zero-order chi connectivity index (χ0) is 12.3. The number of rotatable bonds is 3. The Balaban J connectivity index is 2.16. The highest BCUT2D eigenvalue weighted by atomic mass is 79.9. The van der Waals surface area contributed by atoms with E-state index in [0.717, 1.165) is 25.9 Å². The Hall–Kier alpha value is -1.21. The van der Waals surface area contributed by atoms with E-state index in [2.05, 4.69) is 31.5 Å². The summed E-state index contributed by atoms with van der Waals surface area (Å²) in [5, 5.41) is 17.3. The van der Waals surface area contributed by atoms with Gasteiger partial charge < -0.3 is 10.6 Å². The second-order valence-corrected chi connectivity index (χ2v) is 4.86. The Bertz CT molecular complexity index is 421. The van der Waals surface area contributed by atoms with E-state index in [4.69, 9.17) is 0 Å². The summed E-state index contributed by atoms with van der Waals surface area (Å²) in [4.78, 5) is 14.6. The molecule has 0 unspecified atom stereocenters. The molecule has 2 rings (SSSR count). The Morgan fingerprint density at radius 1 is 1.53 bits per heavy atom. The molecule has 1 saturated heterocycles. The molecule has 2 heterocycles. The van der Waals surface area contributed by atoms with Crippen LogP contribution in [0.2, 0.25) is 0 Å². The molecule has 0 bridgehead atoms. The van der Waals surface area contributed by atoms with Crippen LogP contribution >= 0.6 is 15.9 Å². The highest BCUT2D eigenvalue weighted by Crippen LogP contribution is 2.26. The normalized spacial score (nSPS) is 16.8. The maximum Gasteiger partial charge on any atom is 0.312 e. The Labute approximate surface area is 107 Å². The smallest absolute Gasteiger partial charge is 0.312 e. The summed E-state index contributed by atoms with van der Waals surface area (Å²) in [6.07, 6.45) is 3.47. The van der Waals surface area contributed by atoms with Crippen molar-refractivity contribution in [1.82, 2.24) is 10.3 Å². The molecule has 92 valence electrons. The molecule has 1 aromatic rings. The molecule has 1 aliphatic rings. The van der Waals surface area contributed by atoms with Crippen LogP contribution in [0.25, 0.3) is 0 Å². The van der Waals surface area contributed by atoms with Crippen LogP contribution in [0.5, 0.6) is 0 Å². The van der Waals surface area contributed by atoms with Crippen LogP contribution in [0.1, 0.15) is 12.8 Å². The van der Waals surface area contributed by atoms with Crippen LogP contribution in [-0.2, 0) is 0 Å². The molecule has 1 fully saturated rings. The first-order chi connectivity index (χ1) is 8.16. The van der Waals surface area contributed by atoms with Gasteiger partial charge in [-0.15, -0.1) is 0 Å². The molecule has 0 radical (unpaired) electrons. The van der Waals surface area contributed by atoms with Crippen molar-refractivity contribution in [1.29, 1.82) is 0 Å². The monoisotopic (exact) mass is 300 g/mol. The van der Waals surface area contributed by atoms with Crippen molar-refractivity contribution >= 4 is 27.4 Å². The molecule has 2 N–H and O–H groups in total. The minimum Gasteiger partial charge on any atom is -0.362 e. The highest BCUT2D eigenvalue weighted by Gasteiger charge is 2.20. The van der Waals surface area contributed by atoms with Gasteiger partial charge in [-0.25, -0.2) is 4.98 Å². The van der Waals surface area contributed by atoms with Crippen molar-refractivity contribution in [3.05, 3.63) is 26.9 Å². The maximum atomic E-state index is 10.9. The average molecular weight is 301 g/mol. The summed E-state index contributed by atoms with van der Waals surface area (Å²) in [5.74, 6) is 0.352.